The lowest BCUT2D eigenvalue weighted by Crippen LogP contribution is -2.53. The Kier molecular flexibility index (Phi) is 2.70. The molecule has 2 amide bonds. The molecule has 0 aromatic carbocycles. The Balaban J connectivity index is 1.71. The first kappa shape index (κ1) is 11.5. The zero-order valence-electron chi connectivity index (χ0n) is 9.83. The quantitative estimate of drug-likeness (QED) is 0.786. The van der Waals surface area contributed by atoms with Gasteiger partial charge in [-0.3, -0.25) is 9.59 Å². The number of aromatic nitrogens is 1. The highest BCUT2D eigenvalue weighted by atomic mass is 32.1. The molecule has 1 atom stereocenters. The van der Waals surface area contributed by atoms with E-state index in [1.807, 2.05) is 4.90 Å². The van der Waals surface area contributed by atoms with E-state index in [1.165, 1.54) is 11.3 Å². The van der Waals surface area contributed by atoms with Gasteiger partial charge in [-0.1, -0.05) is 0 Å². The van der Waals surface area contributed by atoms with Crippen LogP contribution in [0.2, 0.25) is 0 Å². The van der Waals surface area contributed by atoms with E-state index in [9.17, 15) is 9.59 Å². The van der Waals surface area contributed by atoms with Crippen LogP contribution in [-0.4, -0.2) is 52.3 Å². The largest absolute Gasteiger partial charge is 0.375 e. The Morgan fingerprint density at radius 2 is 2.33 bits per heavy atom. The van der Waals surface area contributed by atoms with E-state index in [2.05, 4.69) is 4.98 Å². The highest BCUT2D eigenvalue weighted by molar-refractivity contribution is 7.13. The average molecular weight is 266 g/mol. The molecule has 7 heteroatoms. The van der Waals surface area contributed by atoms with Gasteiger partial charge in [0.2, 0.25) is 5.91 Å². The van der Waals surface area contributed by atoms with Crippen molar-refractivity contribution in [3.63, 3.8) is 0 Å². The van der Waals surface area contributed by atoms with Gasteiger partial charge >= 0.3 is 0 Å². The molecule has 0 aliphatic carbocycles. The molecule has 6 nitrogen and oxygen atoms in total. The van der Waals surface area contributed by atoms with Crippen LogP contribution in [-0.2, 0) is 4.79 Å². The van der Waals surface area contributed by atoms with Crippen molar-refractivity contribution < 1.29 is 9.59 Å². The zero-order valence-corrected chi connectivity index (χ0v) is 10.7. The van der Waals surface area contributed by atoms with E-state index < -0.39 is 0 Å². The van der Waals surface area contributed by atoms with Gasteiger partial charge in [0.05, 0.1) is 0 Å². The van der Waals surface area contributed by atoms with Gasteiger partial charge in [-0.15, -0.1) is 11.3 Å². The van der Waals surface area contributed by atoms with Crippen LogP contribution < -0.4 is 5.73 Å². The minimum absolute atomic E-state index is 0.0815. The Morgan fingerprint density at radius 3 is 3.06 bits per heavy atom. The summed E-state index contributed by atoms with van der Waals surface area (Å²) in [7, 11) is 0. The number of hydrogen-bond acceptors (Lipinski definition) is 5. The van der Waals surface area contributed by atoms with Gasteiger partial charge in [0.1, 0.15) is 5.69 Å². The third-order valence-corrected chi connectivity index (χ3v) is 4.20. The van der Waals surface area contributed by atoms with Crippen LogP contribution in [0.3, 0.4) is 0 Å². The molecule has 3 rings (SSSR count). The predicted molar refractivity (Wildman–Crippen MR) is 67.2 cm³/mol. The highest BCUT2D eigenvalue weighted by Gasteiger charge is 2.37. The lowest BCUT2D eigenvalue weighted by atomic mass is 10.1. The second-order valence-corrected chi connectivity index (χ2v) is 5.49. The molecule has 0 bridgehead atoms. The molecular weight excluding hydrogens is 252 g/mol. The Morgan fingerprint density at radius 1 is 1.50 bits per heavy atom. The molecule has 96 valence electrons. The molecule has 2 N–H and O–H groups in total. The van der Waals surface area contributed by atoms with Gasteiger partial charge in [-0.25, -0.2) is 4.98 Å². The van der Waals surface area contributed by atoms with Crippen LogP contribution in [0.4, 0.5) is 5.13 Å². The molecule has 1 aromatic rings. The number of amides is 2. The smallest absolute Gasteiger partial charge is 0.273 e. The summed E-state index contributed by atoms with van der Waals surface area (Å²) in [6, 6.07) is 0.186. The van der Waals surface area contributed by atoms with E-state index in [1.54, 1.807) is 10.3 Å². The van der Waals surface area contributed by atoms with Crippen LogP contribution in [0.15, 0.2) is 5.38 Å². The van der Waals surface area contributed by atoms with Crippen molar-refractivity contribution in [2.75, 3.05) is 25.4 Å². The number of nitrogens with zero attached hydrogens (tertiary/aromatic N) is 3. The number of fused-ring (bicyclic) bond motifs is 1. The molecule has 1 aromatic heterocycles. The maximum atomic E-state index is 12.2. The number of nitrogen functional groups attached to an aromatic ring is 1. The van der Waals surface area contributed by atoms with Crippen LogP contribution in [0.5, 0.6) is 0 Å². The predicted octanol–water partition coefficient (Wildman–Crippen LogP) is 0.172. The Labute approximate surface area is 108 Å². The number of carbonyl (C=O) groups is 2. The molecule has 2 fully saturated rings. The minimum Gasteiger partial charge on any atom is -0.375 e. The third-order valence-electron chi connectivity index (χ3n) is 3.52. The number of nitrogens with two attached hydrogens (primary N) is 1. The minimum atomic E-state index is -0.0815. The second kappa shape index (κ2) is 4.24. The Hall–Kier alpha value is -1.63. The van der Waals surface area contributed by atoms with Crippen LogP contribution in [0, 0.1) is 0 Å². The van der Waals surface area contributed by atoms with E-state index in [0.717, 1.165) is 6.42 Å². The lowest BCUT2D eigenvalue weighted by Gasteiger charge is -2.37. The zero-order chi connectivity index (χ0) is 12.7. The Bertz CT molecular complexity index is 501. The van der Waals surface area contributed by atoms with Crippen molar-refractivity contribution in [2.24, 2.45) is 0 Å². The van der Waals surface area contributed by atoms with Gasteiger partial charge in [0.25, 0.3) is 5.91 Å². The molecule has 0 saturated carbocycles. The van der Waals surface area contributed by atoms with E-state index >= 15 is 0 Å². The van der Waals surface area contributed by atoms with E-state index in [-0.39, 0.29) is 17.9 Å². The first-order valence-corrected chi connectivity index (χ1v) is 6.83. The van der Waals surface area contributed by atoms with Crippen LogP contribution in [0.25, 0.3) is 0 Å². The molecule has 2 saturated heterocycles. The standard InChI is InChI=1S/C11H14N4O2S/c12-11-13-8(6-18-11)10(17)14-3-4-15-7(5-14)1-2-9(15)16/h6-7H,1-5H2,(H2,12,13). The fourth-order valence-corrected chi connectivity index (χ4v) is 3.13. The van der Waals surface area contributed by atoms with Crippen LogP contribution >= 0.6 is 11.3 Å². The van der Waals surface area contributed by atoms with Crippen molar-refractivity contribution in [1.29, 1.82) is 0 Å². The second-order valence-electron chi connectivity index (χ2n) is 4.60. The van der Waals surface area contributed by atoms with Gasteiger partial charge in [-0.05, 0) is 6.42 Å². The molecule has 3 heterocycles. The summed E-state index contributed by atoms with van der Waals surface area (Å²) in [5.74, 6) is 0.131. The van der Waals surface area contributed by atoms with E-state index in [0.29, 0.717) is 36.9 Å². The van der Waals surface area contributed by atoms with Crippen molar-refractivity contribution in [2.45, 2.75) is 18.9 Å². The van der Waals surface area contributed by atoms with Crippen molar-refractivity contribution in [3.8, 4) is 0 Å². The SMILES string of the molecule is Nc1nc(C(=O)N2CCN3C(=O)CCC3C2)cs1. The third kappa shape index (κ3) is 1.84. The molecule has 1 unspecified atom stereocenters. The normalized spacial score (nSPS) is 23.3. The van der Waals surface area contributed by atoms with Crippen molar-refractivity contribution >= 4 is 28.3 Å². The summed E-state index contributed by atoms with van der Waals surface area (Å²) in [6.45, 7) is 1.83. The van der Waals surface area contributed by atoms with Crippen molar-refractivity contribution in [1.82, 2.24) is 14.8 Å². The molecule has 0 spiro atoms. The van der Waals surface area contributed by atoms with Gasteiger partial charge < -0.3 is 15.5 Å². The maximum Gasteiger partial charge on any atom is 0.273 e. The van der Waals surface area contributed by atoms with Crippen LogP contribution in [0.1, 0.15) is 23.3 Å². The van der Waals surface area contributed by atoms with E-state index in [4.69, 9.17) is 5.73 Å². The summed E-state index contributed by atoms with van der Waals surface area (Å²) in [6.07, 6.45) is 1.46. The number of rotatable bonds is 1. The maximum absolute atomic E-state index is 12.2. The number of piperazine rings is 1. The molecule has 2 aliphatic rings. The summed E-state index contributed by atoms with van der Waals surface area (Å²) in [4.78, 5) is 31.4. The molecule has 18 heavy (non-hydrogen) atoms. The van der Waals surface area contributed by atoms with Gasteiger partial charge in [0, 0.05) is 37.5 Å². The summed E-state index contributed by atoms with van der Waals surface area (Å²) in [5, 5.41) is 2.09. The van der Waals surface area contributed by atoms with Gasteiger partial charge in [-0.2, -0.15) is 0 Å². The summed E-state index contributed by atoms with van der Waals surface area (Å²) < 4.78 is 0. The number of hydrogen-bond donors (Lipinski definition) is 1. The topological polar surface area (TPSA) is 79.5 Å². The highest BCUT2D eigenvalue weighted by Crippen LogP contribution is 2.24. The van der Waals surface area contributed by atoms with Gasteiger partial charge in [0.15, 0.2) is 5.13 Å². The first-order valence-electron chi connectivity index (χ1n) is 5.95. The average Bonchev–Trinajstić information content (AvgIpc) is 2.95. The first-order chi connectivity index (χ1) is 8.65. The van der Waals surface area contributed by atoms with Crippen molar-refractivity contribution in [3.05, 3.63) is 11.1 Å². The fourth-order valence-electron chi connectivity index (χ4n) is 2.60. The molecule has 2 aliphatic heterocycles. The monoisotopic (exact) mass is 266 g/mol. The molecule has 0 radical (unpaired) electrons. The lowest BCUT2D eigenvalue weighted by molar-refractivity contribution is -0.130. The summed E-state index contributed by atoms with van der Waals surface area (Å²) >= 11 is 1.27. The summed E-state index contributed by atoms with van der Waals surface area (Å²) in [5.41, 5.74) is 5.95. The number of carbonyl (C=O) groups excluding carboxylic acids is 2. The number of thiazole rings is 1. The molecular formula is C11H14N4O2S. The fraction of sp³-hybridized carbons (Fsp3) is 0.545. The number of anilines is 1.